The highest BCUT2D eigenvalue weighted by Crippen LogP contribution is 2.38. The van der Waals surface area contributed by atoms with Gasteiger partial charge in [-0.1, -0.05) is 37.6 Å². The second-order valence-electron chi connectivity index (χ2n) is 7.46. The predicted molar refractivity (Wildman–Crippen MR) is 124 cm³/mol. The van der Waals surface area contributed by atoms with Gasteiger partial charge in [0.2, 0.25) is 0 Å². The van der Waals surface area contributed by atoms with Gasteiger partial charge >= 0.3 is 0 Å². The molecular weight excluding hydrogens is 433 g/mol. The Labute approximate surface area is 192 Å². The number of ether oxygens (including phenoxy) is 2. The number of anilines is 1. The lowest BCUT2D eigenvalue weighted by Crippen LogP contribution is -2.19. The minimum atomic E-state index is -0.399. The van der Waals surface area contributed by atoms with Gasteiger partial charge in [-0.15, -0.1) is 11.6 Å². The summed E-state index contributed by atoms with van der Waals surface area (Å²) in [7, 11) is 0. The van der Waals surface area contributed by atoms with Crippen LogP contribution in [0.15, 0.2) is 54.7 Å². The number of benzene rings is 2. The third-order valence-electron chi connectivity index (χ3n) is 5.09. The van der Waals surface area contributed by atoms with Gasteiger partial charge in [-0.2, -0.15) is 5.26 Å². The molecule has 0 bridgehead atoms. The standard InChI is InChI=1S/C24H23Cl2N3O2/c1-24(2,18-12-16(14-27)23(20(26)13-18)30-11-9-25)17-5-7-19(8-6-17)31-15-22-21(28)4-3-10-29-22/h3-8,10,12-13H,9,11,15,28H2,1-2H3. The summed E-state index contributed by atoms with van der Waals surface area (Å²) in [4.78, 5) is 4.23. The molecular formula is C24H23Cl2N3O2. The number of hydrogen-bond donors (Lipinski definition) is 1. The van der Waals surface area contributed by atoms with E-state index >= 15 is 0 Å². The summed E-state index contributed by atoms with van der Waals surface area (Å²) in [6.45, 7) is 4.72. The number of nitrogen functional groups attached to an aromatic ring is 1. The minimum absolute atomic E-state index is 0.282. The first-order valence-corrected chi connectivity index (χ1v) is 10.6. The molecule has 7 heteroatoms. The van der Waals surface area contributed by atoms with Crippen LogP contribution in [-0.4, -0.2) is 17.5 Å². The number of nitrogens with two attached hydrogens (primary N) is 1. The third kappa shape index (κ3) is 5.22. The molecule has 0 aliphatic rings. The van der Waals surface area contributed by atoms with Crippen molar-refractivity contribution in [2.24, 2.45) is 0 Å². The maximum Gasteiger partial charge on any atom is 0.155 e. The zero-order valence-corrected chi connectivity index (χ0v) is 18.9. The minimum Gasteiger partial charge on any atom is -0.489 e. The molecule has 5 nitrogen and oxygen atoms in total. The zero-order valence-electron chi connectivity index (χ0n) is 17.4. The highest BCUT2D eigenvalue weighted by Gasteiger charge is 2.26. The summed E-state index contributed by atoms with van der Waals surface area (Å²) in [6.07, 6.45) is 1.69. The fourth-order valence-electron chi connectivity index (χ4n) is 3.18. The van der Waals surface area contributed by atoms with Crippen molar-refractivity contribution < 1.29 is 9.47 Å². The van der Waals surface area contributed by atoms with E-state index in [1.165, 1.54) is 0 Å². The van der Waals surface area contributed by atoms with Crippen LogP contribution in [0.2, 0.25) is 5.02 Å². The topological polar surface area (TPSA) is 81.2 Å². The van der Waals surface area contributed by atoms with Crippen molar-refractivity contribution in [1.29, 1.82) is 5.26 Å². The van der Waals surface area contributed by atoms with E-state index in [1.54, 1.807) is 18.3 Å². The number of aromatic nitrogens is 1. The summed E-state index contributed by atoms with van der Waals surface area (Å²) in [5, 5.41) is 9.95. The van der Waals surface area contributed by atoms with Gasteiger partial charge in [-0.05, 0) is 47.5 Å². The van der Waals surface area contributed by atoms with Crippen molar-refractivity contribution in [2.75, 3.05) is 18.2 Å². The van der Waals surface area contributed by atoms with E-state index in [2.05, 4.69) is 24.9 Å². The first-order chi connectivity index (χ1) is 14.9. The average Bonchev–Trinajstić information content (AvgIpc) is 2.77. The fourth-order valence-corrected chi connectivity index (χ4v) is 3.53. The molecule has 2 aromatic carbocycles. The van der Waals surface area contributed by atoms with Crippen LogP contribution in [0.1, 0.15) is 36.2 Å². The van der Waals surface area contributed by atoms with Gasteiger partial charge < -0.3 is 15.2 Å². The molecule has 1 aromatic heterocycles. The van der Waals surface area contributed by atoms with Crippen LogP contribution in [0.3, 0.4) is 0 Å². The monoisotopic (exact) mass is 455 g/mol. The molecule has 0 amide bonds. The predicted octanol–water partition coefficient (Wildman–Crippen LogP) is 5.71. The number of alkyl halides is 1. The van der Waals surface area contributed by atoms with Gasteiger partial charge in [-0.25, -0.2) is 0 Å². The Hall–Kier alpha value is -2.94. The second kappa shape index (κ2) is 9.91. The molecule has 160 valence electrons. The first-order valence-electron chi connectivity index (χ1n) is 9.72. The van der Waals surface area contributed by atoms with Gasteiger partial charge in [0.1, 0.15) is 30.7 Å². The molecule has 0 saturated carbocycles. The first kappa shape index (κ1) is 22.7. The molecule has 0 radical (unpaired) electrons. The summed E-state index contributed by atoms with van der Waals surface area (Å²) in [5.41, 5.74) is 9.15. The van der Waals surface area contributed by atoms with E-state index in [-0.39, 0.29) is 6.61 Å². The lowest BCUT2D eigenvalue weighted by atomic mass is 9.77. The van der Waals surface area contributed by atoms with Crippen molar-refractivity contribution in [3.05, 3.63) is 82.1 Å². The molecule has 31 heavy (non-hydrogen) atoms. The summed E-state index contributed by atoms with van der Waals surface area (Å²) in [6, 6.07) is 17.2. The maximum atomic E-state index is 9.56. The Kier molecular flexibility index (Phi) is 7.27. The van der Waals surface area contributed by atoms with Crippen LogP contribution in [0.25, 0.3) is 0 Å². The van der Waals surface area contributed by atoms with E-state index in [0.29, 0.717) is 46.0 Å². The Morgan fingerprint density at radius 3 is 2.48 bits per heavy atom. The number of hydrogen-bond acceptors (Lipinski definition) is 5. The SMILES string of the molecule is CC(C)(c1ccc(OCc2ncccc2N)cc1)c1cc(Cl)c(OCCCl)c(C#N)c1. The molecule has 0 fully saturated rings. The van der Waals surface area contributed by atoms with Crippen LogP contribution in [0.5, 0.6) is 11.5 Å². The van der Waals surface area contributed by atoms with Gasteiger partial charge in [-0.3, -0.25) is 4.98 Å². The molecule has 0 atom stereocenters. The Morgan fingerprint density at radius 1 is 1.10 bits per heavy atom. The van der Waals surface area contributed by atoms with Crippen LogP contribution in [0, 0.1) is 11.3 Å². The van der Waals surface area contributed by atoms with E-state index in [0.717, 1.165) is 11.1 Å². The van der Waals surface area contributed by atoms with Gasteiger partial charge in [0.15, 0.2) is 5.75 Å². The molecule has 0 aliphatic heterocycles. The fraction of sp³-hybridized carbons (Fsp3) is 0.250. The van der Waals surface area contributed by atoms with Gasteiger partial charge in [0, 0.05) is 11.6 Å². The second-order valence-corrected chi connectivity index (χ2v) is 8.25. The van der Waals surface area contributed by atoms with Crippen LogP contribution < -0.4 is 15.2 Å². The number of pyridine rings is 1. The number of nitrogens with zero attached hydrogens (tertiary/aromatic N) is 2. The number of nitriles is 1. The lowest BCUT2D eigenvalue weighted by Gasteiger charge is -2.27. The molecule has 0 saturated heterocycles. The van der Waals surface area contributed by atoms with Crippen molar-refractivity contribution in [3.8, 4) is 17.6 Å². The normalized spacial score (nSPS) is 11.1. The van der Waals surface area contributed by atoms with Crippen LogP contribution >= 0.6 is 23.2 Å². The quantitative estimate of drug-likeness (QED) is 0.439. The largest absolute Gasteiger partial charge is 0.489 e. The van der Waals surface area contributed by atoms with E-state index in [4.69, 9.17) is 38.4 Å². The van der Waals surface area contributed by atoms with Crippen LogP contribution in [-0.2, 0) is 12.0 Å². The molecule has 1 heterocycles. The molecule has 0 unspecified atom stereocenters. The Bertz CT molecular complexity index is 1090. The molecule has 0 aliphatic carbocycles. The maximum absolute atomic E-state index is 9.56. The van der Waals surface area contributed by atoms with Crippen molar-refractivity contribution >= 4 is 28.9 Å². The summed E-state index contributed by atoms with van der Waals surface area (Å²) < 4.78 is 11.4. The summed E-state index contributed by atoms with van der Waals surface area (Å²) in [5.74, 6) is 1.39. The molecule has 3 aromatic rings. The van der Waals surface area contributed by atoms with Crippen molar-refractivity contribution in [1.82, 2.24) is 4.98 Å². The molecule has 3 rings (SSSR count). The van der Waals surface area contributed by atoms with E-state index in [1.807, 2.05) is 36.4 Å². The van der Waals surface area contributed by atoms with Crippen molar-refractivity contribution in [2.45, 2.75) is 25.9 Å². The lowest BCUT2D eigenvalue weighted by molar-refractivity contribution is 0.302. The van der Waals surface area contributed by atoms with Crippen molar-refractivity contribution in [3.63, 3.8) is 0 Å². The van der Waals surface area contributed by atoms with E-state index < -0.39 is 5.41 Å². The number of rotatable bonds is 8. The Morgan fingerprint density at radius 2 is 1.84 bits per heavy atom. The highest BCUT2D eigenvalue weighted by molar-refractivity contribution is 6.32. The van der Waals surface area contributed by atoms with Gasteiger partial charge in [0.05, 0.1) is 22.2 Å². The molecule has 2 N–H and O–H groups in total. The van der Waals surface area contributed by atoms with Crippen LogP contribution in [0.4, 0.5) is 5.69 Å². The smallest absolute Gasteiger partial charge is 0.155 e. The van der Waals surface area contributed by atoms with E-state index in [9.17, 15) is 5.26 Å². The summed E-state index contributed by atoms with van der Waals surface area (Å²) >= 11 is 12.1. The average molecular weight is 456 g/mol. The molecule has 0 spiro atoms. The van der Waals surface area contributed by atoms with Gasteiger partial charge in [0.25, 0.3) is 0 Å². The third-order valence-corrected chi connectivity index (χ3v) is 5.52. The number of halogens is 2. The Balaban J connectivity index is 1.81. The zero-order chi connectivity index (χ0) is 22.4. The highest BCUT2D eigenvalue weighted by atomic mass is 35.5.